The molecule has 0 saturated carbocycles. The molecule has 3 aromatic rings. The second-order valence-electron chi connectivity index (χ2n) is 6.91. The van der Waals surface area contributed by atoms with Gasteiger partial charge in [0.2, 0.25) is 0 Å². The average Bonchev–Trinajstić information content (AvgIpc) is 2.74. The second kappa shape index (κ2) is 8.61. The van der Waals surface area contributed by atoms with Crippen molar-refractivity contribution in [3.63, 3.8) is 0 Å². The molecule has 0 unspecified atom stereocenters. The molecular formula is C22H25N5O. The molecule has 3 rings (SSSR count). The number of hydrogen-bond acceptors (Lipinski definition) is 5. The molecule has 0 fully saturated rings. The van der Waals surface area contributed by atoms with E-state index in [1.807, 2.05) is 61.6 Å². The summed E-state index contributed by atoms with van der Waals surface area (Å²) < 4.78 is 0. The number of aromatic nitrogens is 3. The molecule has 2 heterocycles. The van der Waals surface area contributed by atoms with Gasteiger partial charge in [-0.1, -0.05) is 25.1 Å². The summed E-state index contributed by atoms with van der Waals surface area (Å²) in [6, 6.07) is 13.5. The number of carbonyl (C=O) groups is 1. The van der Waals surface area contributed by atoms with Crippen molar-refractivity contribution in [2.45, 2.75) is 19.9 Å². The highest BCUT2D eigenvalue weighted by Crippen LogP contribution is 2.21. The first-order valence-electron chi connectivity index (χ1n) is 9.27. The predicted octanol–water partition coefficient (Wildman–Crippen LogP) is 3.44. The van der Waals surface area contributed by atoms with E-state index < -0.39 is 0 Å². The van der Waals surface area contributed by atoms with Gasteiger partial charge in [-0.05, 0) is 30.2 Å². The Kier molecular flexibility index (Phi) is 5.99. The Balaban J connectivity index is 1.78. The molecule has 2 aromatic heterocycles. The molecule has 0 aliphatic rings. The highest BCUT2D eigenvalue weighted by molar-refractivity contribution is 5.95. The Bertz CT molecular complexity index is 953. The number of amides is 1. The Labute approximate surface area is 165 Å². The number of pyridine rings is 1. The molecule has 1 aromatic carbocycles. The maximum Gasteiger partial charge on any atom is 0.253 e. The average molecular weight is 375 g/mol. The van der Waals surface area contributed by atoms with Crippen molar-refractivity contribution in [1.29, 1.82) is 0 Å². The molecular weight excluding hydrogens is 350 g/mol. The van der Waals surface area contributed by atoms with Crippen molar-refractivity contribution < 1.29 is 4.79 Å². The van der Waals surface area contributed by atoms with Crippen LogP contribution in [0.3, 0.4) is 0 Å². The third-order valence-electron chi connectivity index (χ3n) is 4.56. The minimum Gasteiger partial charge on any atom is -0.363 e. The van der Waals surface area contributed by atoms with E-state index in [0.717, 1.165) is 29.2 Å². The van der Waals surface area contributed by atoms with E-state index in [2.05, 4.69) is 27.9 Å². The van der Waals surface area contributed by atoms with Gasteiger partial charge in [0.1, 0.15) is 12.1 Å². The summed E-state index contributed by atoms with van der Waals surface area (Å²) in [5, 5.41) is 0. The van der Waals surface area contributed by atoms with Crippen LogP contribution in [0.25, 0.3) is 11.3 Å². The third-order valence-corrected chi connectivity index (χ3v) is 4.56. The van der Waals surface area contributed by atoms with E-state index in [9.17, 15) is 4.79 Å². The summed E-state index contributed by atoms with van der Waals surface area (Å²) in [4.78, 5) is 29.5. The van der Waals surface area contributed by atoms with E-state index in [-0.39, 0.29) is 5.91 Å². The minimum absolute atomic E-state index is 0.0508. The molecule has 0 spiro atoms. The summed E-state index contributed by atoms with van der Waals surface area (Å²) in [5.41, 5.74) is 4.35. The van der Waals surface area contributed by atoms with Gasteiger partial charge in [-0.25, -0.2) is 9.97 Å². The maximum atomic E-state index is 12.9. The summed E-state index contributed by atoms with van der Waals surface area (Å²) in [6.45, 7) is 2.56. The smallest absolute Gasteiger partial charge is 0.253 e. The first-order chi connectivity index (χ1) is 13.5. The topological polar surface area (TPSA) is 62.2 Å². The predicted molar refractivity (Wildman–Crippen MR) is 111 cm³/mol. The number of hydrogen-bond donors (Lipinski definition) is 0. The summed E-state index contributed by atoms with van der Waals surface area (Å²) in [5.74, 6) is 0.769. The molecule has 0 radical (unpaired) electrons. The summed E-state index contributed by atoms with van der Waals surface area (Å²) in [7, 11) is 5.66. The van der Waals surface area contributed by atoms with Crippen LogP contribution in [0.4, 0.5) is 5.82 Å². The molecule has 0 aliphatic heterocycles. The van der Waals surface area contributed by atoms with E-state index >= 15 is 0 Å². The molecule has 0 bridgehead atoms. The fourth-order valence-electron chi connectivity index (χ4n) is 2.85. The van der Waals surface area contributed by atoms with Gasteiger partial charge in [-0.2, -0.15) is 0 Å². The molecule has 0 atom stereocenters. The Morgan fingerprint density at radius 2 is 1.82 bits per heavy atom. The first-order valence-corrected chi connectivity index (χ1v) is 9.27. The Morgan fingerprint density at radius 1 is 1.00 bits per heavy atom. The highest BCUT2D eigenvalue weighted by atomic mass is 16.2. The number of aryl methyl sites for hydroxylation is 1. The van der Waals surface area contributed by atoms with Crippen LogP contribution < -0.4 is 4.90 Å². The minimum atomic E-state index is -0.0508. The zero-order chi connectivity index (χ0) is 20.1. The van der Waals surface area contributed by atoms with E-state index in [0.29, 0.717) is 12.1 Å². The first kappa shape index (κ1) is 19.5. The Morgan fingerprint density at radius 3 is 2.50 bits per heavy atom. The van der Waals surface area contributed by atoms with Gasteiger partial charge in [-0.15, -0.1) is 0 Å². The molecule has 1 amide bonds. The van der Waals surface area contributed by atoms with Gasteiger partial charge in [-0.3, -0.25) is 9.78 Å². The molecule has 28 heavy (non-hydrogen) atoms. The SMILES string of the molecule is CCc1ccc(CN(C)C(=O)c2cccc(-c3cc(N(C)C)ncn3)c2)nc1. The fourth-order valence-corrected chi connectivity index (χ4v) is 2.85. The van der Waals surface area contributed by atoms with E-state index in [1.54, 1.807) is 11.9 Å². The van der Waals surface area contributed by atoms with Gasteiger partial charge in [0.25, 0.3) is 5.91 Å². The molecule has 144 valence electrons. The second-order valence-corrected chi connectivity index (χ2v) is 6.91. The van der Waals surface area contributed by atoms with Crippen molar-refractivity contribution in [3.8, 4) is 11.3 Å². The van der Waals surface area contributed by atoms with Gasteiger partial charge in [0, 0.05) is 44.5 Å². The standard InChI is InChI=1S/C22H25N5O/c1-5-16-9-10-19(23-13-16)14-27(4)22(28)18-8-6-7-17(11-18)20-12-21(26(2)3)25-15-24-20/h6-13,15H,5,14H2,1-4H3. The van der Waals surface area contributed by atoms with Crippen molar-refractivity contribution in [3.05, 3.63) is 71.8 Å². The third kappa shape index (κ3) is 4.52. The lowest BCUT2D eigenvalue weighted by atomic mass is 10.1. The van der Waals surface area contributed by atoms with E-state index in [1.165, 1.54) is 11.9 Å². The number of anilines is 1. The molecule has 0 saturated heterocycles. The van der Waals surface area contributed by atoms with Crippen LogP contribution in [0.15, 0.2) is 55.0 Å². The van der Waals surface area contributed by atoms with Gasteiger partial charge < -0.3 is 9.80 Å². The van der Waals surface area contributed by atoms with Crippen LogP contribution in [0.2, 0.25) is 0 Å². The van der Waals surface area contributed by atoms with Crippen LogP contribution in [0, 0.1) is 0 Å². The highest BCUT2D eigenvalue weighted by Gasteiger charge is 2.14. The van der Waals surface area contributed by atoms with Crippen molar-refractivity contribution in [1.82, 2.24) is 19.9 Å². The van der Waals surface area contributed by atoms with Gasteiger partial charge in [0.15, 0.2) is 0 Å². The van der Waals surface area contributed by atoms with Crippen molar-refractivity contribution in [2.75, 3.05) is 26.0 Å². The largest absolute Gasteiger partial charge is 0.363 e. The summed E-state index contributed by atoms with van der Waals surface area (Å²) >= 11 is 0. The van der Waals surface area contributed by atoms with E-state index in [4.69, 9.17) is 0 Å². The van der Waals surface area contributed by atoms with Crippen LogP contribution in [0.5, 0.6) is 0 Å². The van der Waals surface area contributed by atoms with Gasteiger partial charge >= 0.3 is 0 Å². The monoisotopic (exact) mass is 375 g/mol. The maximum absolute atomic E-state index is 12.9. The van der Waals surface area contributed by atoms with Crippen LogP contribution in [-0.2, 0) is 13.0 Å². The normalized spacial score (nSPS) is 10.6. The van der Waals surface area contributed by atoms with Crippen molar-refractivity contribution >= 4 is 11.7 Å². The number of benzene rings is 1. The quantitative estimate of drug-likeness (QED) is 0.660. The van der Waals surface area contributed by atoms with Gasteiger partial charge in [0.05, 0.1) is 17.9 Å². The number of carbonyl (C=O) groups excluding carboxylic acids is 1. The fraction of sp³-hybridized carbons (Fsp3) is 0.273. The number of nitrogens with zero attached hydrogens (tertiary/aromatic N) is 5. The van der Waals surface area contributed by atoms with Crippen LogP contribution in [0.1, 0.15) is 28.5 Å². The molecule has 0 aliphatic carbocycles. The van der Waals surface area contributed by atoms with Crippen LogP contribution >= 0.6 is 0 Å². The zero-order valence-corrected chi connectivity index (χ0v) is 16.8. The lowest BCUT2D eigenvalue weighted by Crippen LogP contribution is -2.26. The summed E-state index contributed by atoms with van der Waals surface area (Å²) in [6.07, 6.45) is 4.36. The lowest BCUT2D eigenvalue weighted by molar-refractivity contribution is 0.0783. The van der Waals surface area contributed by atoms with Crippen LogP contribution in [-0.4, -0.2) is 46.9 Å². The number of rotatable bonds is 6. The van der Waals surface area contributed by atoms with Crippen molar-refractivity contribution in [2.24, 2.45) is 0 Å². The lowest BCUT2D eigenvalue weighted by Gasteiger charge is -2.17. The molecule has 0 N–H and O–H groups in total. The molecule has 6 nitrogen and oxygen atoms in total. The zero-order valence-electron chi connectivity index (χ0n) is 16.8. The molecule has 6 heteroatoms. The Hall–Kier alpha value is -3.28.